The van der Waals surface area contributed by atoms with E-state index in [1.54, 1.807) is 45.0 Å². The molecular formula is C27H42N4O5S. The van der Waals surface area contributed by atoms with Crippen LogP contribution in [0.25, 0.3) is 11.4 Å². The molecule has 9 nitrogen and oxygen atoms in total. The molecule has 1 aromatic carbocycles. The molecule has 0 aliphatic carbocycles. The van der Waals surface area contributed by atoms with Gasteiger partial charge in [0, 0.05) is 19.0 Å². The third-order valence-corrected chi connectivity index (χ3v) is 9.37. The summed E-state index contributed by atoms with van der Waals surface area (Å²) in [4.78, 5) is 17.4. The normalized spacial score (nSPS) is 15.9. The second-order valence-electron chi connectivity index (χ2n) is 10.8. The van der Waals surface area contributed by atoms with Crippen molar-refractivity contribution in [3.8, 4) is 11.4 Å². The molecule has 1 amide bonds. The molecule has 0 unspecified atom stereocenters. The van der Waals surface area contributed by atoms with Crippen LogP contribution in [-0.4, -0.2) is 60.2 Å². The molecule has 0 saturated carbocycles. The van der Waals surface area contributed by atoms with Gasteiger partial charge in [-0.2, -0.15) is 4.98 Å². The molecule has 1 saturated heterocycles. The highest BCUT2D eigenvalue weighted by Crippen LogP contribution is 2.37. The summed E-state index contributed by atoms with van der Waals surface area (Å²) in [6.45, 7) is 8.45. The Hall–Kier alpha value is -2.46. The van der Waals surface area contributed by atoms with Crippen LogP contribution in [-0.2, 0) is 21.0 Å². The maximum absolute atomic E-state index is 14.0. The summed E-state index contributed by atoms with van der Waals surface area (Å²) in [5.74, 6) is 1.03. The summed E-state index contributed by atoms with van der Waals surface area (Å²) >= 11 is 0. The fourth-order valence-electron chi connectivity index (χ4n) is 4.63. The molecular weight excluding hydrogens is 492 g/mol. The van der Waals surface area contributed by atoms with E-state index in [0.717, 1.165) is 19.3 Å². The second kappa shape index (κ2) is 12.4. The average Bonchev–Trinajstić information content (AvgIpc) is 3.34. The molecule has 0 spiro atoms. The number of carbonyl (C=O) groups excluding carboxylic acids is 1. The Morgan fingerprint density at radius 1 is 1.08 bits per heavy atom. The molecule has 3 rings (SSSR count). The fourth-order valence-corrected chi connectivity index (χ4v) is 6.74. The number of hydrogen-bond acceptors (Lipinski definition) is 8. The minimum absolute atomic E-state index is 0.143. The zero-order chi connectivity index (χ0) is 27.1. The molecule has 1 N–H and O–H groups in total. The van der Waals surface area contributed by atoms with E-state index in [2.05, 4.69) is 22.4 Å². The first-order chi connectivity index (χ1) is 17.5. The number of aryl methyl sites for hydroxylation is 1. The number of benzene rings is 1. The third-order valence-electron chi connectivity index (χ3n) is 6.80. The highest BCUT2D eigenvalue weighted by Gasteiger charge is 2.51. The second-order valence-corrected chi connectivity index (χ2v) is 13.0. The number of nitrogens with one attached hydrogen (secondary N) is 1. The Kier molecular flexibility index (Phi) is 9.74. The van der Waals surface area contributed by atoms with Crippen LogP contribution >= 0.6 is 0 Å². The van der Waals surface area contributed by atoms with Gasteiger partial charge in [0.2, 0.25) is 21.6 Å². The molecule has 1 aliphatic heterocycles. The Morgan fingerprint density at radius 3 is 2.32 bits per heavy atom. The van der Waals surface area contributed by atoms with Crippen LogP contribution in [0.2, 0.25) is 0 Å². The van der Waals surface area contributed by atoms with E-state index in [0.29, 0.717) is 30.4 Å². The molecule has 10 heteroatoms. The molecule has 206 valence electrons. The lowest BCUT2D eigenvalue weighted by Gasteiger charge is -2.43. The summed E-state index contributed by atoms with van der Waals surface area (Å²) in [5, 5.41) is 7.28. The maximum atomic E-state index is 14.0. The van der Waals surface area contributed by atoms with Crippen molar-refractivity contribution in [2.45, 2.75) is 101 Å². The van der Waals surface area contributed by atoms with E-state index >= 15 is 0 Å². The van der Waals surface area contributed by atoms with Gasteiger partial charge in [0.1, 0.15) is 5.60 Å². The Balaban J connectivity index is 1.75. The monoisotopic (exact) mass is 534 g/mol. The number of nitrogens with zero attached hydrogens (tertiary/aromatic N) is 3. The number of sulfone groups is 1. The minimum atomic E-state index is -3.92. The smallest absolute Gasteiger partial charge is 0.411 e. The van der Waals surface area contributed by atoms with Crippen molar-refractivity contribution >= 4 is 15.9 Å². The van der Waals surface area contributed by atoms with Crippen molar-refractivity contribution in [3.63, 3.8) is 0 Å². The summed E-state index contributed by atoms with van der Waals surface area (Å²) in [7, 11) is -2.41. The first kappa shape index (κ1) is 29.1. The summed E-state index contributed by atoms with van der Waals surface area (Å²) in [5.41, 5.74) is -0.0552. The third kappa shape index (κ3) is 7.10. The van der Waals surface area contributed by atoms with Crippen LogP contribution in [0.3, 0.4) is 0 Å². The first-order valence-corrected chi connectivity index (χ1v) is 14.8. The number of unbranched alkanes of at least 4 members (excludes halogenated alkanes) is 5. The predicted molar refractivity (Wildman–Crippen MR) is 143 cm³/mol. The van der Waals surface area contributed by atoms with Crippen LogP contribution in [0.15, 0.2) is 33.7 Å². The maximum Gasteiger partial charge on any atom is 0.411 e. The minimum Gasteiger partial charge on any atom is -0.444 e. The van der Waals surface area contributed by atoms with Crippen molar-refractivity contribution in [2.24, 2.45) is 0 Å². The van der Waals surface area contributed by atoms with Gasteiger partial charge in [-0.05, 0) is 77.4 Å². The Labute approximate surface area is 221 Å². The number of rotatable bonds is 11. The molecule has 1 aliphatic rings. The topological polar surface area (TPSA) is 115 Å². The highest BCUT2D eigenvalue weighted by atomic mass is 32.2. The van der Waals surface area contributed by atoms with Crippen molar-refractivity contribution < 1.29 is 22.5 Å². The number of carbonyl (C=O) groups is 1. The van der Waals surface area contributed by atoms with Crippen molar-refractivity contribution in [1.29, 1.82) is 0 Å². The van der Waals surface area contributed by atoms with Crippen LogP contribution in [0.4, 0.5) is 4.79 Å². The lowest BCUT2D eigenvalue weighted by molar-refractivity contribution is 0.0135. The molecule has 0 bridgehead atoms. The fraction of sp³-hybridized carbons (Fsp3) is 0.667. The van der Waals surface area contributed by atoms with E-state index in [1.807, 2.05) is 0 Å². The average molecular weight is 535 g/mol. The summed E-state index contributed by atoms with van der Waals surface area (Å²) in [6, 6.07) is 6.49. The SMILES string of the molecule is CCCCCCCCc1nc(-c2ccc(S(=O)(=O)C3(N(C)C(=O)OC(C)(C)C)CCNCC3)cc2)no1. The van der Waals surface area contributed by atoms with Gasteiger partial charge in [-0.1, -0.05) is 44.2 Å². The lowest BCUT2D eigenvalue weighted by Crippen LogP contribution is -2.60. The lowest BCUT2D eigenvalue weighted by atomic mass is 10.0. The number of aromatic nitrogens is 2. The van der Waals surface area contributed by atoms with Crippen LogP contribution in [0, 0.1) is 0 Å². The van der Waals surface area contributed by atoms with E-state index in [4.69, 9.17) is 9.26 Å². The quantitative estimate of drug-likeness (QED) is 0.383. The van der Waals surface area contributed by atoms with Gasteiger partial charge in [0.15, 0.2) is 4.87 Å². The standard InChI is InChI=1S/C27H42N4O5S/c1-6-7-8-9-10-11-12-23-29-24(30-36-23)21-13-15-22(16-14-21)37(33,34)27(17-19-28-20-18-27)31(5)25(32)35-26(2,3)4/h13-16,28H,6-12,17-20H2,1-5H3. The Morgan fingerprint density at radius 2 is 1.70 bits per heavy atom. The molecule has 2 aromatic rings. The number of amides is 1. The van der Waals surface area contributed by atoms with Crippen molar-refractivity contribution in [2.75, 3.05) is 20.1 Å². The van der Waals surface area contributed by atoms with Gasteiger partial charge >= 0.3 is 6.09 Å². The molecule has 1 aromatic heterocycles. The van der Waals surface area contributed by atoms with Crippen LogP contribution < -0.4 is 5.32 Å². The van der Waals surface area contributed by atoms with E-state index in [9.17, 15) is 13.2 Å². The zero-order valence-corrected chi connectivity index (χ0v) is 23.7. The summed E-state index contributed by atoms with van der Waals surface area (Å²) < 4.78 is 38.8. The molecule has 0 radical (unpaired) electrons. The zero-order valence-electron chi connectivity index (χ0n) is 22.9. The van der Waals surface area contributed by atoms with Gasteiger partial charge in [0.25, 0.3) is 0 Å². The van der Waals surface area contributed by atoms with Gasteiger partial charge < -0.3 is 14.6 Å². The number of ether oxygens (including phenoxy) is 1. The number of piperidine rings is 1. The van der Waals surface area contributed by atoms with E-state index < -0.39 is 26.4 Å². The van der Waals surface area contributed by atoms with Crippen LogP contribution in [0.5, 0.6) is 0 Å². The predicted octanol–water partition coefficient (Wildman–Crippen LogP) is 5.36. The van der Waals surface area contributed by atoms with Gasteiger partial charge in [-0.25, -0.2) is 13.2 Å². The van der Waals surface area contributed by atoms with Gasteiger partial charge in [0.05, 0.1) is 4.90 Å². The van der Waals surface area contributed by atoms with Gasteiger partial charge in [-0.3, -0.25) is 4.90 Å². The van der Waals surface area contributed by atoms with Gasteiger partial charge in [-0.15, -0.1) is 0 Å². The highest BCUT2D eigenvalue weighted by molar-refractivity contribution is 7.92. The largest absolute Gasteiger partial charge is 0.444 e. The van der Waals surface area contributed by atoms with Crippen molar-refractivity contribution in [3.05, 3.63) is 30.2 Å². The van der Waals surface area contributed by atoms with E-state index in [1.165, 1.54) is 37.6 Å². The van der Waals surface area contributed by atoms with E-state index in [-0.39, 0.29) is 17.7 Å². The molecule has 37 heavy (non-hydrogen) atoms. The molecule has 1 fully saturated rings. The first-order valence-electron chi connectivity index (χ1n) is 13.4. The molecule has 2 heterocycles. The molecule has 0 atom stereocenters. The van der Waals surface area contributed by atoms with Crippen LogP contribution in [0.1, 0.15) is 85.0 Å². The summed E-state index contributed by atoms with van der Waals surface area (Å²) in [6.07, 6.45) is 7.72. The Bertz CT molecular complexity index is 1120. The number of hydrogen-bond donors (Lipinski definition) is 1. The van der Waals surface area contributed by atoms with Crippen molar-refractivity contribution in [1.82, 2.24) is 20.4 Å².